The molecule has 3 nitrogen and oxygen atoms in total. The number of hydrogen-bond acceptors (Lipinski definition) is 2. The van der Waals surface area contributed by atoms with Gasteiger partial charge in [0.1, 0.15) is 0 Å². The number of rotatable bonds is 3. The molecule has 80 valence electrons. The first-order valence-electron chi connectivity index (χ1n) is 5.64. The second-order valence-corrected chi connectivity index (χ2v) is 4.90. The van der Waals surface area contributed by atoms with Gasteiger partial charge in [0.15, 0.2) is 0 Å². The maximum atomic E-state index is 12.0. The molecule has 0 bridgehead atoms. The molecule has 1 saturated carbocycles. The third-order valence-electron chi connectivity index (χ3n) is 3.44. The Morgan fingerprint density at radius 2 is 2.14 bits per heavy atom. The zero-order valence-corrected chi connectivity index (χ0v) is 9.12. The van der Waals surface area contributed by atoms with Crippen molar-refractivity contribution in [3.05, 3.63) is 0 Å². The first-order valence-corrected chi connectivity index (χ1v) is 5.64. The van der Waals surface area contributed by atoms with Gasteiger partial charge in [-0.2, -0.15) is 0 Å². The molecular weight excluding hydrogens is 176 g/mol. The van der Waals surface area contributed by atoms with Crippen molar-refractivity contribution in [2.24, 2.45) is 17.8 Å². The minimum atomic E-state index is 0.221. The SMILES string of the molecule is CC1CNCC1C(=O)N(C)CC1CC1. The summed E-state index contributed by atoms with van der Waals surface area (Å²) in [7, 11) is 1.95. The number of hydrogen-bond donors (Lipinski definition) is 1. The van der Waals surface area contributed by atoms with Gasteiger partial charge in [-0.3, -0.25) is 4.79 Å². The van der Waals surface area contributed by atoms with Crippen molar-refractivity contribution in [2.45, 2.75) is 19.8 Å². The molecule has 0 aromatic rings. The van der Waals surface area contributed by atoms with E-state index in [1.807, 2.05) is 11.9 Å². The van der Waals surface area contributed by atoms with Gasteiger partial charge in [-0.15, -0.1) is 0 Å². The summed E-state index contributed by atoms with van der Waals surface area (Å²) in [6.45, 7) is 5.00. The average molecular weight is 196 g/mol. The molecule has 14 heavy (non-hydrogen) atoms. The molecule has 1 saturated heterocycles. The largest absolute Gasteiger partial charge is 0.345 e. The Morgan fingerprint density at radius 3 is 2.64 bits per heavy atom. The fourth-order valence-electron chi connectivity index (χ4n) is 2.20. The number of nitrogens with zero attached hydrogens (tertiary/aromatic N) is 1. The highest BCUT2D eigenvalue weighted by atomic mass is 16.2. The fraction of sp³-hybridized carbons (Fsp3) is 0.909. The Kier molecular flexibility index (Phi) is 2.77. The number of carbonyl (C=O) groups excluding carboxylic acids is 1. The summed E-state index contributed by atoms with van der Waals surface area (Å²) >= 11 is 0. The molecule has 0 aromatic carbocycles. The second-order valence-electron chi connectivity index (χ2n) is 4.90. The lowest BCUT2D eigenvalue weighted by atomic mass is 9.97. The molecule has 0 spiro atoms. The molecule has 2 atom stereocenters. The van der Waals surface area contributed by atoms with Gasteiger partial charge in [0.25, 0.3) is 0 Å². The predicted molar refractivity (Wildman–Crippen MR) is 55.9 cm³/mol. The van der Waals surface area contributed by atoms with Crippen molar-refractivity contribution in [3.8, 4) is 0 Å². The van der Waals surface area contributed by atoms with E-state index in [1.165, 1.54) is 12.8 Å². The van der Waals surface area contributed by atoms with Gasteiger partial charge in [0.2, 0.25) is 5.91 Å². The maximum absolute atomic E-state index is 12.0. The summed E-state index contributed by atoms with van der Waals surface area (Å²) in [5, 5.41) is 3.28. The highest BCUT2D eigenvalue weighted by Crippen LogP contribution is 2.30. The normalized spacial score (nSPS) is 31.9. The van der Waals surface area contributed by atoms with Crippen LogP contribution in [0.2, 0.25) is 0 Å². The van der Waals surface area contributed by atoms with Crippen molar-refractivity contribution >= 4 is 5.91 Å². The highest BCUT2D eigenvalue weighted by Gasteiger charge is 2.33. The van der Waals surface area contributed by atoms with Crippen LogP contribution >= 0.6 is 0 Å². The third-order valence-corrected chi connectivity index (χ3v) is 3.44. The van der Waals surface area contributed by atoms with E-state index in [9.17, 15) is 4.79 Å². The van der Waals surface area contributed by atoms with Crippen LogP contribution in [0, 0.1) is 17.8 Å². The lowest BCUT2D eigenvalue weighted by Gasteiger charge is -2.22. The molecule has 1 N–H and O–H groups in total. The monoisotopic (exact) mass is 196 g/mol. The van der Waals surface area contributed by atoms with Gasteiger partial charge < -0.3 is 10.2 Å². The standard InChI is InChI=1S/C11H20N2O/c1-8-5-12-6-10(8)11(14)13(2)7-9-3-4-9/h8-10,12H,3-7H2,1-2H3. The van der Waals surface area contributed by atoms with Crippen LogP contribution in [-0.4, -0.2) is 37.5 Å². The Balaban J connectivity index is 1.85. The third kappa shape index (κ3) is 2.08. The molecule has 1 heterocycles. The highest BCUT2D eigenvalue weighted by molar-refractivity contribution is 5.79. The predicted octanol–water partition coefficient (Wildman–Crippen LogP) is 0.710. The van der Waals surface area contributed by atoms with Crippen LogP contribution in [0.4, 0.5) is 0 Å². The van der Waals surface area contributed by atoms with E-state index >= 15 is 0 Å². The lowest BCUT2D eigenvalue weighted by molar-refractivity contribution is -0.134. The molecule has 2 fully saturated rings. The van der Waals surface area contributed by atoms with E-state index in [-0.39, 0.29) is 5.92 Å². The molecule has 2 unspecified atom stereocenters. The van der Waals surface area contributed by atoms with Crippen LogP contribution in [0.5, 0.6) is 0 Å². The Morgan fingerprint density at radius 1 is 1.43 bits per heavy atom. The molecular formula is C11H20N2O. The summed E-state index contributed by atoms with van der Waals surface area (Å²) in [5.74, 6) is 1.87. The van der Waals surface area contributed by atoms with E-state index in [2.05, 4.69) is 12.2 Å². The maximum Gasteiger partial charge on any atom is 0.227 e. The lowest BCUT2D eigenvalue weighted by Crippen LogP contribution is -2.37. The molecule has 1 aliphatic heterocycles. The quantitative estimate of drug-likeness (QED) is 0.721. The van der Waals surface area contributed by atoms with Crippen molar-refractivity contribution in [1.82, 2.24) is 10.2 Å². The minimum absolute atomic E-state index is 0.221. The number of carbonyl (C=O) groups is 1. The van der Waals surface area contributed by atoms with Crippen LogP contribution in [0.15, 0.2) is 0 Å². The average Bonchev–Trinajstić information content (AvgIpc) is 2.86. The van der Waals surface area contributed by atoms with Crippen molar-refractivity contribution in [3.63, 3.8) is 0 Å². The summed E-state index contributed by atoms with van der Waals surface area (Å²) in [6.07, 6.45) is 2.63. The van der Waals surface area contributed by atoms with E-state index in [4.69, 9.17) is 0 Å². The van der Waals surface area contributed by atoms with Gasteiger partial charge in [-0.25, -0.2) is 0 Å². The number of nitrogens with one attached hydrogen (secondary N) is 1. The number of amides is 1. The van der Waals surface area contributed by atoms with Gasteiger partial charge in [0, 0.05) is 20.1 Å². The van der Waals surface area contributed by atoms with Crippen molar-refractivity contribution < 1.29 is 4.79 Å². The molecule has 2 aliphatic rings. The van der Waals surface area contributed by atoms with E-state index < -0.39 is 0 Å². The van der Waals surface area contributed by atoms with Crippen LogP contribution in [0.25, 0.3) is 0 Å². The smallest absolute Gasteiger partial charge is 0.227 e. The summed E-state index contributed by atoms with van der Waals surface area (Å²) in [5.41, 5.74) is 0. The Labute approximate surface area is 85.8 Å². The van der Waals surface area contributed by atoms with E-state index in [1.54, 1.807) is 0 Å². The Hall–Kier alpha value is -0.570. The summed E-state index contributed by atoms with van der Waals surface area (Å²) < 4.78 is 0. The summed E-state index contributed by atoms with van der Waals surface area (Å²) in [6, 6.07) is 0. The van der Waals surface area contributed by atoms with Gasteiger partial charge in [-0.1, -0.05) is 6.92 Å². The van der Waals surface area contributed by atoms with Gasteiger partial charge in [-0.05, 0) is 31.2 Å². The van der Waals surface area contributed by atoms with Gasteiger partial charge in [0.05, 0.1) is 5.92 Å². The fourth-order valence-corrected chi connectivity index (χ4v) is 2.20. The minimum Gasteiger partial charge on any atom is -0.345 e. The Bertz CT molecular complexity index is 225. The molecule has 0 radical (unpaired) electrons. The van der Waals surface area contributed by atoms with Crippen molar-refractivity contribution in [2.75, 3.05) is 26.7 Å². The molecule has 2 rings (SSSR count). The molecule has 3 heteroatoms. The zero-order valence-electron chi connectivity index (χ0n) is 9.12. The zero-order chi connectivity index (χ0) is 10.1. The van der Waals surface area contributed by atoms with Crippen molar-refractivity contribution in [1.29, 1.82) is 0 Å². The van der Waals surface area contributed by atoms with Gasteiger partial charge >= 0.3 is 0 Å². The van der Waals surface area contributed by atoms with Crippen LogP contribution in [-0.2, 0) is 4.79 Å². The molecule has 1 aliphatic carbocycles. The van der Waals surface area contributed by atoms with Crippen LogP contribution < -0.4 is 5.32 Å². The summed E-state index contributed by atoms with van der Waals surface area (Å²) in [4.78, 5) is 13.9. The van der Waals surface area contributed by atoms with Crippen LogP contribution in [0.3, 0.4) is 0 Å². The van der Waals surface area contributed by atoms with Crippen LogP contribution in [0.1, 0.15) is 19.8 Å². The molecule has 0 aromatic heterocycles. The topological polar surface area (TPSA) is 32.3 Å². The first kappa shape index (κ1) is 9.97. The first-order chi connectivity index (χ1) is 6.68. The van der Waals surface area contributed by atoms with E-state index in [0.717, 1.165) is 25.6 Å². The van der Waals surface area contributed by atoms with E-state index in [0.29, 0.717) is 11.8 Å². The second kappa shape index (κ2) is 3.89. The molecule has 1 amide bonds.